The molecule has 14 heavy (non-hydrogen) atoms. The Balaban J connectivity index is 2.39. The summed E-state index contributed by atoms with van der Waals surface area (Å²) in [6.45, 7) is 2.78. The zero-order valence-corrected chi connectivity index (χ0v) is 10.1. The number of ether oxygens (including phenoxy) is 2. The second-order valence-electron chi connectivity index (χ2n) is 3.16. The minimum Gasteiger partial charge on any atom is -0.491 e. The zero-order chi connectivity index (χ0) is 10.4. The molecule has 0 fully saturated rings. The van der Waals surface area contributed by atoms with Crippen LogP contribution in [0.5, 0.6) is 5.75 Å². The molecule has 0 radical (unpaired) electrons. The highest BCUT2D eigenvalue weighted by Crippen LogP contribution is 2.17. The van der Waals surface area contributed by atoms with Gasteiger partial charge in [-0.1, -0.05) is 15.9 Å². The molecule has 0 amide bonds. The molecule has 1 unspecified atom stereocenters. The Bertz CT molecular complexity index is 258. The third-order valence-corrected chi connectivity index (χ3v) is 2.41. The van der Waals surface area contributed by atoms with Crippen LogP contribution in [0.25, 0.3) is 0 Å². The molecule has 1 aromatic rings. The lowest BCUT2D eigenvalue weighted by Gasteiger charge is -2.13. The quantitative estimate of drug-likeness (QED) is 0.808. The summed E-state index contributed by atoms with van der Waals surface area (Å²) in [5.74, 6) is 0.900. The molecule has 0 aliphatic rings. The predicted octanol–water partition coefficient (Wildman–Crippen LogP) is 3.25. The molecule has 0 aliphatic heterocycles. The van der Waals surface area contributed by atoms with Crippen molar-refractivity contribution in [1.29, 1.82) is 0 Å². The van der Waals surface area contributed by atoms with Crippen molar-refractivity contribution in [2.75, 3.05) is 13.7 Å². The summed E-state index contributed by atoms with van der Waals surface area (Å²) in [6, 6.07) is 7.84. The molecule has 0 aromatic heterocycles. The van der Waals surface area contributed by atoms with E-state index < -0.39 is 0 Å². The highest BCUT2D eigenvalue weighted by Gasteiger charge is 2.02. The maximum absolute atomic E-state index is 5.67. The smallest absolute Gasteiger partial charge is 0.119 e. The third kappa shape index (κ3) is 4.11. The van der Waals surface area contributed by atoms with Crippen LogP contribution in [0.2, 0.25) is 0 Å². The number of rotatable bonds is 5. The Morgan fingerprint density at radius 1 is 1.29 bits per heavy atom. The van der Waals surface area contributed by atoms with Crippen LogP contribution in [0.3, 0.4) is 0 Å². The molecule has 1 rings (SSSR count). The van der Waals surface area contributed by atoms with E-state index in [4.69, 9.17) is 9.47 Å². The summed E-state index contributed by atoms with van der Waals surface area (Å²) < 4.78 is 11.7. The van der Waals surface area contributed by atoms with Gasteiger partial charge in [-0.15, -0.1) is 0 Å². The van der Waals surface area contributed by atoms with E-state index in [1.807, 2.05) is 31.2 Å². The third-order valence-electron chi connectivity index (χ3n) is 1.88. The van der Waals surface area contributed by atoms with Crippen molar-refractivity contribution in [2.45, 2.75) is 19.4 Å². The van der Waals surface area contributed by atoms with Crippen LogP contribution < -0.4 is 4.74 Å². The van der Waals surface area contributed by atoms with Gasteiger partial charge in [0.25, 0.3) is 0 Å². The fraction of sp³-hybridized carbons (Fsp3) is 0.455. The summed E-state index contributed by atoms with van der Waals surface area (Å²) in [7, 11) is 1.70. The molecular formula is C11H15BrO2. The van der Waals surface area contributed by atoms with Crippen LogP contribution in [0.1, 0.15) is 13.3 Å². The molecule has 0 saturated heterocycles. The van der Waals surface area contributed by atoms with Crippen LogP contribution >= 0.6 is 15.9 Å². The van der Waals surface area contributed by atoms with E-state index in [9.17, 15) is 0 Å². The van der Waals surface area contributed by atoms with E-state index in [0.717, 1.165) is 23.2 Å². The first-order chi connectivity index (χ1) is 6.72. The molecular weight excluding hydrogens is 244 g/mol. The maximum Gasteiger partial charge on any atom is 0.119 e. The Hall–Kier alpha value is -0.540. The molecule has 2 nitrogen and oxygen atoms in total. The van der Waals surface area contributed by atoms with Gasteiger partial charge in [0.1, 0.15) is 5.75 Å². The zero-order valence-electron chi connectivity index (χ0n) is 8.50. The lowest BCUT2D eigenvalue weighted by Crippen LogP contribution is -2.13. The fourth-order valence-corrected chi connectivity index (χ4v) is 1.35. The first kappa shape index (κ1) is 11.5. The first-order valence-electron chi connectivity index (χ1n) is 4.63. The van der Waals surface area contributed by atoms with E-state index in [0.29, 0.717) is 0 Å². The van der Waals surface area contributed by atoms with Gasteiger partial charge in [-0.25, -0.2) is 0 Å². The molecule has 1 aromatic carbocycles. The lowest BCUT2D eigenvalue weighted by molar-refractivity contribution is 0.135. The average molecular weight is 259 g/mol. The van der Waals surface area contributed by atoms with E-state index >= 15 is 0 Å². The van der Waals surface area contributed by atoms with Crippen molar-refractivity contribution in [3.05, 3.63) is 28.7 Å². The van der Waals surface area contributed by atoms with Gasteiger partial charge in [-0.3, -0.25) is 0 Å². The maximum atomic E-state index is 5.67. The van der Waals surface area contributed by atoms with E-state index in [1.165, 1.54) is 0 Å². The SMILES string of the molecule is COCCC(C)Oc1ccc(Br)cc1. The highest BCUT2D eigenvalue weighted by atomic mass is 79.9. The van der Waals surface area contributed by atoms with Crippen molar-refractivity contribution in [1.82, 2.24) is 0 Å². The van der Waals surface area contributed by atoms with Gasteiger partial charge in [0.2, 0.25) is 0 Å². The van der Waals surface area contributed by atoms with Gasteiger partial charge < -0.3 is 9.47 Å². The molecule has 0 N–H and O–H groups in total. The standard InChI is InChI=1S/C11H15BrO2/c1-9(7-8-13-2)14-11-5-3-10(12)4-6-11/h3-6,9H,7-8H2,1-2H3. The van der Waals surface area contributed by atoms with Crippen molar-refractivity contribution in [3.8, 4) is 5.75 Å². The van der Waals surface area contributed by atoms with Crippen molar-refractivity contribution < 1.29 is 9.47 Å². The van der Waals surface area contributed by atoms with Crippen LogP contribution in [-0.2, 0) is 4.74 Å². The predicted molar refractivity (Wildman–Crippen MR) is 60.7 cm³/mol. The molecule has 78 valence electrons. The Kier molecular flexibility index (Phi) is 4.98. The van der Waals surface area contributed by atoms with Crippen molar-refractivity contribution in [2.24, 2.45) is 0 Å². The van der Waals surface area contributed by atoms with E-state index in [1.54, 1.807) is 7.11 Å². The van der Waals surface area contributed by atoms with Crippen molar-refractivity contribution >= 4 is 15.9 Å². The summed E-state index contributed by atoms with van der Waals surface area (Å²) >= 11 is 3.38. The Morgan fingerprint density at radius 2 is 1.93 bits per heavy atom. The molecule has 0 heterocycles. The van der Waals surface area contributed by atoms with Crippen LogP contribution in [0.15, 0.2) is 28.7 Å². The molecule has 0 saturated carbocycles. The van der Waals surface area contributed by atoms with Crippen LogP contribution in [-0.4, -0.2) is 19.8 Å². The number of benzene rings is 1. The number of hydrogen-bond donors (Lipinski definition) is 0. The number of hydrogen-bond acceptors (Lipinski definition) is 2. The molecule has 0 spiro atoms. The molecule has 1 atom stereocenters. The van der Waals surface area contributed by atoms with Gasteiger partial charge in [0.15, 0.2) is 0 Å². The van der Waals surface area contributed by atoms with Crippen LogP contribution in [0.4, 0.5) is 0 Å². The Labute approximate surface area is 93.4 Å². The summed E-state index contributed by atoms with van der Waals surface area (Å²) in [5, 5.41) is 0. The number of halogens is 1. The lowest BCUT2D eigenvalue weighted by atomic mass is 10.3. The minimum absolute atomic E-state index is 0.191. The first-order valence-corrected chi connectivity index (χ1v) is 5.43. The second-order valence-corrected chi connectivity index (χ2v) is 4.08. The highest BCUT2D eigenvalue weighted by molar-refractivity contribution is 9.10. The average Bonchev–Trinajstić information content (AvgIpc) is 2.18. The normalized spacial score (nSPS) is 12.5. The molecule has 0 bridgehead atoms. The fourth-order valence-electron chi connectivity index (χ4n) is 1.09. The van der Waals surface area contributed by atoms with Crippen molar-refractivity contribution in [3.63, 3.8) is 0 Å². The Morgan fingerprint density at radius 3 is 2.50 bits per heavy atom. The van der Waals surface area contributed by atoms with E-state index in [2.05, 4.69) is 15.9 Å². The van der Waals surface area contributed by atoms with Crippen LogP contribution in [0, 0.1) is 0 Å². The molecule has 0 aliphatic carbocycles. The van der Waals surface area contributed by atoms with Gasteiger partial charge in [0.05, 0.1) is 6.10 Å². The topological polar surface area (TPSA) is 18.5 Å². The largest absolute Gasteiger partial charge is 0.491 e. The number of methoxy groups -OCH3 is 1. The minimum atomic E-state index is 0.191. The van der Waals surface area contributed by atoms with E-state index in [-0.39, 0.29) is 6.10 Å². The molecule has 3 heteroatoms. The van der Waals surface area contributed by atoms with Gasteiger partial charge in [-0.05, 0) is 31.2 Å². The van der Waals surface area contributed by atoms with Gasteiger partial charge in [0, 0.05) is 24.6 Å². The summed E-state index contributed by atoms with van der Waals surface area (Å²) in [4.78, 5) is 0. The second kappa shape index (κ2) is 6.04. The summed E-state index contributed by atoms with van der Waals surface area (Å²) in [5.41, 5.74) is 0. The van der Waals surface area contributed by atoms with Gasteiger partial charge >= 0.3 is 0 Å². The van der Waals surface area contributed by atoms with Gasteiger partial charge in [-0.2, -0.15) is 0 Å². The monoisotopic (exact) mass is 258 g/mol. The summed E-state index contributed by atoms with van der Waals surface area (Å²) in [6.07, 6.45) is 1.10.